The van der Waals surface area contributed by atoms with Gasteiger partial charge in [-0.25, -0.2) is 4.79 Å². The molecular weight excluding hydrogens is 284 g/mol. The lowest BCUT2D eigenvalue weighted by molar-refractivity contribution is -0.384. The molecule has 6 nitrogen and oxygen atoms in total. The second kappa shape index (κ2) is 7.12. The minimum absolute atomic E-state index is 0.0176. The Bertz CT molecular complexity index is 694. The van der Waals surface area contributed by atoms with Crippen LogP contribution >= 0.6 is 0 Å². The van der Waals surface area contributed by atoms with Gasteiger partial charge in [-0.1, -0.05) is 42.5 Å². The molecule has 0 N–H and O–H groups in total. The average molecular weight is 298 g/mol. The van der Waals surface area contributed by atoms with E-state index in [1.54, 1.807) is 36.4 Å². The Morgan fingerprint density at radius 2 is 1.77 bits per heavy atom. The largest absolute Gasteiger partial charge is 0.464 e. The van der Waals surface area contributed by atoms with E-state index in [4.69, 9.17) is 4.74 Å². The first-order chi connectivity index (χ1) is 10.6. The van der Waals surface area contributed by atoms with Crippen LogP contribution in [0.1, 0.15) is 11.1 Å². The molecule has 0 spiro atoms. The van der Waals surface area contributed by atoms with Gasteiger partial charge >= 0.3 is 5.97 Å². The number of non-ortho nitro benzene ring substituents is 1. The highest BCUT2D eigenvalue weighted by atomic mass is 16.6. The SMILES string of the molecule is COC(=O)C(=NCc1ccc([N+](=O)[O-])cc1)c1ccccc1. The van der Waals surface area contributed by atoms with Gasteiger partial charge in [0, 0.05) is 17.7 Å². The van der Waals surface area contributed by atoms with Crippen LogP contribution in [0.25, 0.3) is 0 Å². The lowest BCUT2D eigenvalue weighted by Gasteiger charge is -2.05. The van der Waals surface area contributed by atoms with Crippen molar-refractivity contribution in [2.75, 3.05) is 7.11 Å². The average Bonchev–Trinajstić information content (AvgIpc) is 2.56. The molecule has 0 saturated heterocycles. The molecule has 0 heterocycles. The van der Waals surface area contributed by atoms with Gasteiger partial charge in [0.15, 0.2) is 5.71 Å². The standard InChI is InChI=1S/C16H14N2O4/c1-22-16(19)15(13-5-3-2-4-6-13)17-11-12-7-9-14(10-8-12)18(20)21/h2-10H,11H2,1H3. The molecule has 0 aliphatic heterocycles. The second-order valence-corrected chi connectivity index (χ2v) is 4.45. The number of methoxy groups -OCH3 is 1. The van der Waals surface area contributed by atoms with E-state index in [1.165, 1.54) is 19.2 Å². The molecule has 112 valence electrons. The maximum atomic E-state index is 11.8. The van der Waals surface area contributed by atoms with Crippen LogP contribution in [-0.2, 0) is 16.1 Å². The van der Waals surface area contributed by atoms with Crippen LogP contribution in [0, 0.1) is 10.1 Å². The fourth-order valence-corrected chi connectivity index (χ4v) is 1.86. The van der Waals surface area contributed by atoms with Crippen LogP contribution in [0.15, 0.2) is 59.6 Å². The number of hydrogen-bond acceptors (Lipinski definition) is 5. The number of esters is 1. The molecule has 0 aliphatic rings. The fraction of sp³-hybridized carbons (Fsp3) is 0.125. The summed E-state index contributed by atoms with van der Waals surface area (Å²) in [6.45, 7) is 0.233. The first-order valence-electron chi connectivity index (χ1n) is 6.53. The predicted octanol–water partition coefficient (Wildman–Crippen LogP) is 2.76. The minimum atomic E-state index is -0.520. The summed E-state index contributed by atoms with van der Waals surface area (Å²) in [7, 11) is 1.30. The molecule has 22 heavy (non-hydrogen) atoms. The van der Waals surface area contributed by atoms with Gasteiger partial charge in [0.25, 0.3) is 5.69 Å². The minimum Gasteiger partial charge on any atom is -0.464 e. The number of hydrogen-bond donors (Lipinski definition) is 0. The quantitative estimate of drug-likeness (QED) is 0.368. The maximum Gasteiger partial charge on any atom is 0.356 e. The van der Waals surface area contributed by atoms with Crippen molar-refractivity contribution < 1.29 is 14.5 Å². The molecular formula is C16H14N2O4. The topological polar surface area (TPSA) is 81.8 Å². The van der Waals surface area contributed by atoms with Crippen molar-refractivity contribution >= 4 is 17.4 Å². The number of ether oxygens (including phenoxy) is 1. The second-order valence-electron chi connectivity index (χ2n) is 4.45. The summed E-state index contributed by atoms with van der Waals surface area (Å²) in [5.41, 5.74) is 1.67. The molecule has 0 bridgehead atoms. The Balaban J connectivity index is 2.23. The van der Waals surface area contributed by atoms with Crippen LogP contribution in [-0.4, -0.2) is 23.7 Å². The maximum absolute atomic E-state index is 11.8. The summed E-state index contributed by atoms with van der Waals surface area (Å²) in [6, 6.07) is 15.0. The molecule has 0 amide bonds. The molecule has 2 aromatic rings. The third kappa shape index (κ3) is 3.76. The van der Waals surface area contributed by atoms with Gasteiger partial charge in [-0.3, -0.25) is 15.1 Å². The summed E-state index contributed by atoms with van der Waals surface area (Å²) in [5, 5.41) is 10.6. The number of rotatable bonds is 5. The lowest BCUT2D eigenvalue weighted by Crippen LogP contribution is -2.17. The molecule has 2 rings (SSSR count). The number of nitrogens with zero attached hydrogens (tertiary/aromatic N) is 2. The lowest BCUT2D eigenvalue weighted by atomic mass is 10.1. The van der Waals surface area contributed by atoms with Crippen LogP contribution in [0.4, 0.5) is 5.69 Å². The van der Waals surface area contributed by atoms with Gasteiger partial charge in [0.2, 0.25) is 0 Å². The van der Waals surface area contributed by atoms with Crippen molar-refractivity contribution in [1.29, 1.82) is 0 Å². The number of nitro benzene ring substituents is 1. The first kappa shape index (κ1) is 15.4. The zero-order valence-electron chi connectivity index (χ0n) is 11.9. The molecule has 0 fully saturated rings. The highest BCUT2D eigenvalue weighted by Gasteiger charge is 2.13. The zero-order valence-corrected chi connectivity index (χ0v) is 11.9. The van der Waals surface area contributed by atoms with E-state index in [1.807, 2.05) is 6.07 Å². The van der Waals surface area contributed by atoms with Gasteiger partial charge in [-0.2, -0.15) is 0 Å². The summed E-state index contributed by atoms with van der Waals surface area (Å²) in [6.07, 6.45) is 0. The van der Waals surface area contributed by atoms with Crippen molar-refractivity contribution in [3.8, 4) is 0 Å². The smallest absolute Gasteiger partial charge is 0.356 e. The van der Waals surface area contributed by atoms with Gasteiger partial charge in [-0.05, 0) is 5.56 Å². The molecule has 6 heteroatoms. The third-order valence-electron chi connectivity index (χ3n) is 2.99. The number of carbonyl (C=O) groups excluding carboxylic acids is 1. The Morgan fingerprint density at radius 3 is 2.32 bits per heavy atom. The van der Waals surface area contributed by atoms with E-state index in [0.29, 0.717) is 5.56 Å². The molecule has 0 atom stereocenters. The summed E-state index contributed by atoms with van der Waals surface area (Å²) in [5.74, 6) is -0.520. The van der Waals surface area contributed by atoms with Crippen LogP contribution in [0.3, 0.4) is 0 Å². The van der Waals surface area contributed by atoms with Crippen molar-refractivity contribution in [2.45, 2.75) is 6.54 Å². The Hall–Kier alpha value is -3.02. The van der Waals surface area contributed by atoms with Gasteiger partial charge in [0.05, 0.1) is 18.6 Å². The molecule has 0 radical (unpaired) electrons. The Labute approximate surface area is 127 Å². The zero-order chi connectivity index (χ0) is 15.9. The first-order valence-corrected chi connectivity index (χ1v) is 6.53. The Morgan fingerprint density at radius 1 is 1.14 bits per heavy atom. The normalized spacial score (nSPS) is 11.0. The van der Waals surface area contributed by atoms with Gasteiger partial charge < -0.3 is 4.74 Å². The van der Waals surface area contributed by atoms with Gasteiger partial charge in [0.1, 0.15) is 0 Å². The molecule has 0 unspecified atom stereocenters. The van der Waals surface area contributed by atoms with Crippen molar-refractivity contribution in [2.24, 2.45) is 4.99 Å². The van der Waals surface area contributed by atoms with Crippen molar-refractivity contribution in [3.05, 3.63) is 75.8 Å². The van der Waals surface area contributed by atoms with Crippen LogP contribution in [0.2, 0.25) is 0 Å². The van der Waals surface area contributed by atoms with Crippen molar-refractivity contribution in [1.82, 2.24) is 0 Å². The molecule has 0 aromatic heterocycles. The summed E-state index contributed by atoms with van der Waals surface area (Å²) < 4.78 is 4.75. The molecule has 2 aromatic carbocycles. The number of carbonyl (C=O) groups is 1. The van der Waals surface area contributed by atoms with E-state index < -0.39 is 10.9 Å². The van der Waals surface area contributed by atoms with E-state index in [-0.39, 0.29) is 17.9 Å². The summed E-state index contributed by atoms with van der Waals surface area (Å²) in [4.78, 5) is 26.3. The predicted molar refractivity (Wildman–Crippen MR) is 81.8 cm³/mol. The molecule has 0 saturated carbocycles. The van der Waals surface area contributed by atoms with Crippen LogP contribution in [0.5, 0.6) is 0 Å². The van der Waals surface area contributed by atoms with E-state index in [9.17, 15) is 14.9 Å². The molecule has 0 aliphatic carbocycles. The van der Waals surface area contributed by atoms with E-state index in [0.717, 1.165) is 5.56 Å². The monoisotopic (exact) mass is 298 g/mol. The summed E-state index contributed by atoms with van der Waals surface area (Å²) >= 11 is 0. The van der Waals surface area contributed by atoms with Gasteiger partial charge in [-0.15, -0.1) is 0 Å². The van der Waals surface area contributed by atoms with Crippen LogP contribution < -0.4 is 0 Å². The number of aliphatic imine (C=N–C) groups is 1. The van der Waals surface area contributed by atoms with E-state index >= 15 is 0 Å². The van der Waals surface area contributed by atoms with Crippen molar-refractivity contribution in [3.63, 3.8) is 0 Å². The highest BCUT2D eigenvalue weighted by molar-refractivity contribution is 6.43. The third-order valence-corrected chi connectivity index (χ3v) is 2.99. The number of benzene rings is 2. The Kier molecular flexibility index (Phi) is 4.98. The van der Waals surface area contributed by atoms with E-state index in [2.05, 4.69) is 4.99 Å². The fourth-order valence-electron chi connectivity index (χ4n) is 1.86. The highest BCUT2D eigenvalue weighted by Crippen LogP contribution is 2.13. The number of nitro groups is 1.